The van der Waals surface area contributed by atoms with E-state index in [0.717, 1.165) is 30.8 Å². The minimum Gasteiger partial charge on any atom is -0.324 e. The van der Waals surface area contributed by atoms with Crippen molar-refractivity contribution in [1.82, 2.24) is 10.2 Å². The first-order valence-corrected chi connectivity index (χ1v) is 9.07. The lowest BCUT2D eigenvalue weighted by molar-refractivity contribution is -0.384. The standard InChI is InChI=1S/C19H21ClN4O3/c1-13-5-6-16(24(26)27)10-17(13)22-19(25)12-23-8-7-21-11-18(23)14-3-2-4-15(20)9-14/h2-6,9-10,18,21H,7-8,11-12H2,1H3,(H,22,25). The third kappa shape index (κ3) is 4.82. The van der Waals surface area contributed by atoms with Gasteiger partial charge in [0.1, 0.15) is 0 Å². The number of benzene rings is 2. The molecular formula is C19H21ClN4O3. The molecule has 0 saturated carbocycles. The number of carbonyl (C=O) groups excluding carboxylic acids is 1. The Balaban J connectivity index is 1.72. The molecule has 0 aromatic heterocycles. The molecule has 1 atom stereocenters. The molecule has 8 heteroatoms. The molecule has 1 fully saturated rings. The molecule has 2 aromatic carbocycles. The molecule has 2 N–H and O–H groups in total. The lowest BCUT2D eigenvalue weighted by Crippen LogP contribution is -2.48. The van der Waals surface area contributed by atoms with Crippen LogP contribution in [0.2, 0.25) is 5.02 Å². The van der Waals surface area contributed by atoms with Gasteiger partial charge in [-0.1, -0.05) is 29.8 Å². The molecular weight excluding hydrogens is 368 g/mol. The highest BCUT2D eigenvalue weighted by molar-refractivity contribution is 6.30. The number of carbonyl (C=O) groups is 1. The minimum atomic E-state index is -0.472. The van der Waals surface area contributed by atoms with Gasteiger partial charge in [-0.2, -0.15) is 0 Å². The van der Waals surface area contributed by atoms with E-state index in [4.69, 9.17) is 11.6 Å². The maximum Gasteiger partial charge on any atom is 0.271 e. The summed E-state index contributed by atoms with van der Waals surface area (Å²) in [6, 6.07) is 12.1. The molecule has 1 saturated heterocycles. The zero-order chi connectivity index (χ0) is 19.4. The number of anilines is 1. The Kier molecular flexibility index (Phi) is 6.05. The van der Waals surface area contributed by atoms with Crippen molar-refractivity contribution in [3.8, 4) is 0 Å². The zero-order valence-electron chi connectivity index (χ0n) is 14.9. The van der Waals surface area contributed by atoms with E-state index in [9.17, 15) is 14.9 Å². The van der Waals surface area contributed by atoms with Gasteiger partial charge in [-0.3, -0.25) is 19.8 Å². The maximum atomic E-state index is 12.6. The van der Waals surface area contributed by atoms with Crippen LogP contribution in [0.5, 0.6) is 0 Å². The van der Waals surface area contributed by atoms with Crippen LogP contribution in [-0.4, -0.2) is 41.9 Å². The fourth-order valence-corrected chi connectivity index (χ4v) is 3.41. The Morgan fingerprint density at radius 2 is 2.19 bits per heavy atom. The minimum absolute atomic E-state index is 0.0365. The number of amides is 1. The van der Waals surface area contributed by atoms with E-state index in [1.54, 1.807) is 13.0 Å². The quantitative estimate of drug-likeness (QED) is 0.607. The number of rotatable bonds is 5. The summed E-state index contributed by atoms with van der Waals surface area (Å²) in [5, 5.41) is 17.8. The lowest BCUT2D eigenvalue weighted by Gasteiger charge is -2.36. The Morgan fingerprint density at radius 3 is 2.93 bits per heavy atom. The first-order chi connectivity index (χ1) is 12.9. The summed E-state index contributed by atoms with van der Waals surface area (Å²) in [4.78, 5) is 25.2. The van der Waals surface area contributed by atoms with Gasteiger partial charge >= 0.3 is 0 Å². The molecule has 0 bridgehead atoms. The van der Waals surface area contributed by atoms with Crippen LogP contribution in [0.25, 0.3) is 0 Å². The van der Waals surface area contributed by atoms with Crippen LogP contribution in [0.15, 0.2) is 42.5 Å². The van der Waals surface area contributed by atoms with E-state index < -0.39 is 4.92 Å². The monoisotopic (exact) mass is 388 g/mol. The van der Waals surface area contributed by atoms with Gasteiger partial charge in [-0.15, -0.1) is 0 Å². The number of nitrogens with zero attached hydrogens (tertiary/aromatic N) is 2. The molecule has 1 amide bonds. The van der Waals surface area contributed by atoms with Gasteiger partial charge in [-0.25, -0.2) is 0 Å². The maximum absolute atomic E-state index is 12.6. The summed E-state index contributed by atoms with van der Waals surface area (Å²) < 4.78 is 0. The van der Waals surface area contributed by atoms with Gasteiger partial charge in [-0.05, 0) is 30.2 Å². The van der Waals surface area contributed by atoms with Crippen molar-refractivity contribution in [2.75, 3.05) is 31.5 Å². The summed E-state index contributed by atoms with van der Waals surface area (Å²) in [6.45, 7) is 4.24. The molecule has 0 radical (unpaired) electrons. The number of nitro benzene ring substituents is 1. The van der Waals surface area contributed by atoms with E-state index in [-0.39, 0.29) is 24.2 Å². The molecule has 1 unspecified atom stereocenters. The van der Waals surface area contributed by atoms with Crippen LogP contribution in [0, 0.1) is 17.0 Å². The molecule has 7 nitrogen and oxygen atoms in total. The van der Waals surface area contributed by atoms with E-state index in [1.807, 2.05) is 24.3 Å². The van der Waals surface area contributed by atoms with E-state index in [0.29, 0.717) is 10.7 Å². The zero-order valence-corrected chi connectivity index (χ0v) is 15.7. The number of piperazine rings is 1. The second-order valence-corrected chi connectivity index (χ2v) is 6.99. The molecule has 0 spiro atoms. The summed E-state index contributed by atoms with van der Waals surface area (Å²) in [5.41, 5.74) is 2.24. The summed E-state index contributed by atoms with van der Waals surface area (Å²) in [6.07, 6.45) is 0. The smallest absolute Gasteiger partial charge is 0.271 e. The summed E-state index contributed by atoms with van der Waals surface area (Å²) >= 11 is 6.11. The number of aryl methyl sites for hydroxylation is 1. The number of nitro groups is 1. The lowest BCUT2D eigenvalue weighted by atomic mass is 10.0. The molecule has 2 aromatic rings. The highest BCUT2D eigenvalue weighted by atomic mass is 35.5. The average molecular weight is 389 g/mol. The Bertz CT molecular complexity index is 859. The van der Waals surface area contributed by atoms with Crippen molar-refractivity contribution in [2.45, 2.75) is 13.0 Å². The Hall–Kier alpha value is -2.48. The van der Waals surface area contributed by atoms with Crippen LogP contribution in [0.1, 0.15) is 17.2 Å². The van der Waals surface area contributed by atoms with Gasteiger partial charge < -0.3 is 10.6 Å². The van der Waals surface area contributed by atoms with Crippen LogP contribution in [0.3, 0.4) is 0 Å². The van der Waals surface area contributed by atoms with Gasteiger partial charge in [0.05, 0.1) is 17.2 Å². The highest BCUT2D eigenvalue weighted by Gasteiger charge is 2.26. The van der Waals surface area contributed by atoms with Crippen LogP contribution < -0.4 is 10.6 Å². The van der Waals surface area contributed by atoms with Crippen molar-refractivity contribution in [3.63, 3.8) is 0 Å². The van der Waals surface area contributed by atoms with Gasteiger partial charge in [0.2, 0.25) is 5.91 Å². The van der Waals surface area contributed by atoms with Crippen molar-refractivity contribution in [3.05, 3.63) is 68.7 Å². The van der Waals surface area contributed by atoms with E-state index >= 15 is 0 Å². The largest absolute Gasteiger partial charge is 0.324 e. The Labute approximate surface area is 162 Å². The number of hydrogen-bond acceptors (Lipinski definition) is 5. The molecule has 0 aliphatic carbocycles. The van der Waals surface area contributed by atoms with Gasteiger partial charge in [0.25, 0.3) is 5.69 Å². The fraction of sp³-hybridized carbons (Fsp3) is 0.316. The second-order valence-electron chi connectivity index (χ2n) is 6.55. The number of hydrogen-bond donors (Lipinski definition) is 2. The normalized spacial score (nSPS) is 17.5. The fourth-order valence-electron chi connectivity index (χ4n) is 3.21. The predicted octanol–water partition coefficient (Wildman–Crippen LogP) is 3.14. The van der Waals surface area contributed by atoms with Crippen molar-refractivity contribution < 1.29 is 9.72 Å². The van der Waals surface area contributed by atoms with E-state index in [1.165, 1.54) is 12.1 Å². The van der Waals surface area contributed by atoms with Crippen molar-refractivity contribution in [2.24, 2.45) is 0 Å². The number of nitrogens with one attached hydrogen (secondary N) is 2. The van der Waals surface area contributed by atoms with E-state index in [2.05, 4.69) is 15.5 Å². The Morgan fingerprint density at radius 1 is 1.37 bits per heavy atom. The van der Waals surface area contributed by atoms with Crippen molar-refractivity contribution >= 4 is 28.9 Å². The summed E-state index contributed by atoms with van der Waals surface area (Å²) in [7, 11) is 0. The first kappa shape index (κ1) is 19.3. The van der Waals surface area contributed by atoms with Gasteiger partial charge in [0.15, 0.2) is 0 Å². The molecule has 27 heavy (non-hydrogen) atoms. The third-order valence-electron chi connectivity index (χ3n) is 4.64. The first-order valence-electron chi connectivity index (χ1n) is 8.69. The number of non-ortho nitro benzene ring substituents is 1. The molecule has 1 aliphatic heterocycles. The molecule has 3 rings (SSSR count). The second kappa shape index (κ2) is 8.47. The van der Waals surface area contributed by atoms with Crippen molar-refractivity contribution in [1.29, 1.82) is 0 Å². The third-order valence-corrected chi connectivity index (χ3v) is 4.88. The van der Waals surface area contributed by atoms with Crippen LogP contribution in [-0.2, 0) is 4.79 Å². The number of halogens is 1. The average Bonchev–Trinajstić information content (AvgIpc) is 2.63. The topological polar surface area (TPSA) is 87.5 Å². The molecule has 142 valence electrons. The van der Waals surface area contributed by atoms with Crippen LogP contribution >= 0.6 is 11.6 Å². The van der Waals surface area contributed by atoms with Crippen LogP contribution in [0.4, 0.5) is 11.4 Å². The molecule has 1 heterocycles. The predicted molar refractivity (Wildman–Crippen MR) is 105 cm³/mol. The SMILES string of the molecule is Cc1ccc([N+](=O)[O-])cc1NC(=O)CN1CCNCC1c1cccc(Cl)c1. The highest BCUT2D eigenvalue weighted by Crippen LogP contribution is 2.25. The molecule has 1 aliphatic rings. The van der Waals surface area contributed by atoms with Gasteiger partial charge in [0, 0.05) is 42.8 Å². The summed E-state index contributed by atoms with van der Waals surface area (Å²) in [5.74, 6) is -0.201.